The van der Waals surface area contributed by atoms with Crippen molar-refractivity contribution >= 4 is 17.4 Å². The first-order valence-corrected chi connectivity index (χ1v) is 4.63. The van der Waals surface area contributed by atoms with Gasteiger partial charge in [0.1, 0.15) is 11.7 Å². The Balaban J connectivity index is 2.17. The second-order valence-electron chi connectivity index (χ2n) is 2.83. The number of nitrogens with zero attached hydrogens (tertiary/aromatic N) is 1. The molecule has 1 aromatic carbocycles. The summed E-state index contributed by atoms with van der Waals surface area (Å²) >= 11 is 5.55. The van der Waals surface area contributed by atoms with Crippen LogP contribution in [0.25, 0.3) is 0 Å². The van der Waals surface area contributed by atoms with E-state index in [4.69, 9.17) is 16.4 Å². The van der Waals surface area contributed by atoms with E-state index in [9.17, 15) is 4.39 Å². The van der Waals surface area contributed by atoms with Gasteiger partial charge in [0.05, 0.1) is 5.88 Å². The molecule has 0 spiro atoms. The molecular weight excluding hydrogens is 207 g/mol. The predicted molar refractivity (Wildman–Crippen MR) is 51.5 cm³/mol. The van der Waals surface area contributed by atoms with Crippen LogP contribution >= 0.6 is 11.6 Å². The molecule has 0 amide bonds. The number of hydroxylamine groups is 1. The first kappa shape index (κ1) is 9.43. The molecule has 0 fully saturated rings. The van der Waals surface area contributed by atoms with Crippen molar-refractivity contribution in [3.8, 4) is 0 Å². The number of nitrogens with one attached hydrogen (secondary N) is 1. The predicted octanol–water partition coefficient (Wildman–Crippen LogP) is 2.00. The molecule has 0 aromatic heterocycles. The summed E-state index contributed by atoms with van der Waals surface area (Å²) in [5, 5.41) is 0. The number of aliphatic imine (C=N–C) groups is 1. The van der Waals surface area contributed by atoms with Crippen molar-refractivity contribution in [3.63, 3.8) is 0 Å². The van der Waals surface area contributed by atoms with E-state index in [1.807, 2.05) is 0 Å². The largest absolute Gasteiger partial charge is 0.249 e. The van der Waals surface area contributed by atoms with Crippen molar-refractivity contribution in [3.05, 3.63) is 35.6 Å². The number of hydrogen-bond donors (Lipinski definition) is 1. The Kier molecular flexibility index (Phi) is 2.65. The Morgan fingerprint density at radius 3 is 2.71 bits per heavy atom. The Hall–Kier alpha value is -1.13. The molecule has 1 aliphatic heterocycles. The molecule has 3 nitrogen and oxygen atoms in total. The molecule has 0 saturated heterocycles. The minimum Gasteiger partial charge on any atom is -0.249 e. The smallest absolute Gasteiger partial charge is 0.202 e. The van der Waals surface area contributed by atoms with Gasteiger partial charge in [-0.05, 0) is 12.1 Å². The van der Waals surface area contributed by atoms with Crippen molar-refractivity contribution in [2.75, 3.05) is 5.88 Å². The third-order valence-corrected chi connectivity index (χ3v) is 2.10. The third kappa shape index (κ3) is 1.86. The maximum Gasteiger partial charge on any atom is 0.202 e. The van der Waals surface area contributed by atoms with Crippen LogP contribution in [0, 0.1) is 5.82 Å². The lowest BCUT2D eigenvalue weighted by atomic mass is 10.2. The van der Waals surface area contributed by atoms with Crippen molar-refractivity contribution in [2.45, 2.75) is 6.23 Å². The van der Waals surface area contributed by atoms with Crippen LogP contribution in [0.5, 0.6) is 0 Å². The van der Waals surface area contributed by atoms with Gasteiger partial charge in [-0.1, -0.05) is 12.1 Å². The maximum absolute atomic E-state index is 12.6. The second-order valence-corrected chi connectivity index (χ2v) is 3.10. The van der Waals surface area contributed by atoms with Crippen LogP contribution in [-0.4, -0.2) is 11.7 Å². The minimum absolute atomic E-state index is 0.275. The topological polar surface area (TPSA) is 33.6 Å². The van der Waals surface area contributed by atoms with Crippen LogP contribution in [0.3, 0.4) is 0 Å². The molecular formula is C9H8ClFN2O. The zero-order valence-corrected chi connectivity index (χ0v) is 7.96. The normalized spacial score (nSPS) is 20.4. The van der Waals surface area contributed by atoms with E-state index in [-0.39, 0.29) is 11.7 Å². The molecule has 1 aliphatic rings. The van der Waals surface area contributed by atoms with Crippen molar-refractivity contribution in [2.24, 2.45) is 4.99 Å². The average molecular weight is 215 g/mol. The number of alkyl halides is 1. The van der Waals surface area contributed by atoms with E-state index in [2.05, 4.69) is 10.5 Å². The second kappa shape index (κ2) is 3.94. The lowest BCUT2D eigenvalue weighted by Crippen LogP contribution is -2.17. The lowest BCUT2D eigenvalue weighted by molar-refractivity contribution is 0.0374. The summed E-state index contributed by atoms with van der Waals surface area (Å²) < 4.78 is 12.6. The van der Waals surface area contributed by atoms with Crippen LogP contribution in [0.1, 0.15) is 11.8 Å². The standard InChI is InChI=1S/C9H8ClFN2O/c10-5-8-12-9(14-13-8)6-1-3-7(11)4-2-6/h1-4,9H,5H2,(H,12,13). The molecule has 1 N–H and O–H groups in total. The van der Waals surface area contributed by atoms with E-state index in [1.54, 1.807) is 12.1 Å². The summed E-state index contributed by atoms with van der Waals surface area (Å²) in [6, 6.07) is 5.99. The fraction of sp³-hybridized carbons (Fsp3) is 0.222. The molecule has 0 bridgehead atoms. The van der Waals surface area contributed by atoms with Gasteiger partial charge in [-0.25, -0.2) is 19.7 Å². The molecule has 1 heterocycles. The van der Waals surface area contributed by atoms with E-state index in [1.165, 1.54) is 12.1 Å². The average Bonchev–Trinajstić information content (AvgIpc) is 2.67. The molecule has 0 aliphatic carbocycles. The zero-order valence-electron chi connectivity index (χ0n) is 7.21. The van der Waals surface area contributed by atoms with Gasteiger partial charge in [-0.15, -0.1) is 11.6 Å². The van der Waals surface area contributed by atoms with Gasteiger partial charge in [0, 0.05) is 5.56 Å². The Morgan fingerprint density at radius 2 is 2.14 bits per heavy atom. The number of benzene rings is 1. The van der Waals surface area contributed by atoms with E-state index in [0.29, 0.717) is 5.84 Å². The summed E-state index contributed by atoms with van der Waals surface area (Å²) in [4.78, 5) is 9.26. The van der Waals surface area contributed by atoms with E-state index >= 15 is 0 Å². The number of rotatable bonds is 2. The van der Waals surface area contributed by atoms with Crippen molar-refractivity contribution in [1.82, 2.24) is 5.48 Å². The Morgan fingerprint density at radius 1 is 1.43 bits per heavy atom. The lowest BCUT2D eigenvalue weighted by Gasteiger charge is -2.05. The number of hydrogen-bond acceptors (Lipinski definition) is 3. The molecule has 14 heavy (non-hydrogen) atoms. The van der Waals surface area contributed by atoms with E-state index < -0.39 is 6.23 Å². The van der Waals surface area contributed by atoms with Gasteiger partial charge >= 0.3 is 0 Å². The highest BCUT2D eigenvalue weighted by molar-refractivity contribution is 6.28. The number of halogens is 2. The fourth-order valence-electron chi connectivity index (χ4n) is 1.15. The minimum atomic E-state index is -0.427. The summed E-state index contributed by atoms with van der Waals surface area (Å²) in [6.45, 7) is 0. The summed E-state index contributed by atoms with van der Waals surface area (Å²) in [7, 11) is 0. The molecule has 1 aromatic rings. The highest BCUT2D eigenvalue weighted by Crippen LogP contribution is 2.21. The molecule has 74 valence electrons. The molecule has 5 heteroatoms. The first-order valence-electron chi connectivity index (χ1n) is 4.09. The van der Waals surface area contributed by atoms with Gasteiger partial charge < -0.3 is 0 Å². The highest BCUT2D eigenvalue weighted by Gasteiger charge is 2.18. The van der Waals surface area contributed by atoms with Gasteiger partial charge in [0.15, 0.2) is 0 Å². The first-order chi connectivity index (χ1) is 6.79. The van der Waals surface area contributed by atoms with Crippen LogP contribution in [0.2, 0.25) is 0 Å². The SMILES string of the molecule is Fc1ccc(C2N=C(CCl)NO2)cc1. The third-order valence-electron chi connectivity index (χ3n) is 1.84. The quantitative estimate of drug-likeness (QED) is 0.764. The highest BCUT2D eigenvalue weighted by atomic mass is 35.5. The van der Waals surface area contributed by atoms with Crippen LogP contribution in [-0.2, 0) is 4.84 Å². The van der Waals surface area contributed by atoms with Crippen molar-refractivity contribution in [1.29, 1.82) is 0 Å². The summed E-state index contributed by atoms with van der Waals surface area (Å²) in [6.07, 6.45) is -0.427. The van der Waals surface area contributed by atoms with Crippen molar-refractivity contribution < 1.29 is 9.23 Å². The zero-order chi connectivity index (χ0) is 9.97. The fourth-order valence-corrected chi connectivity index (χ4v) is 1.27. The van der Waals surface area contributed by atoms with Gasteiger partial charge in [0.2, 0.25) is 6.23 Å². The van der Waals surface area contributed by atoms with Crippen LogP contribution in [0.4, 0.5) is 4.39 Å². The van der Waals surface area contributed by atoms with Crippen LogP contribution in [0.15, 0.2) is 29.3 Å². The molecule has 2 rings (SSSR count). The van der Waals surface area contributed by atoms with E-state index in [0.717, 1.165) is 5.56 Å². The summed E-state index contributed by atoms with van der Waals surface area (Å²) in [5.41, 5.74) is 3.38. The van der Waals surface area contributed by atoms with Gasteiger partial charge in [0.25, 0.3) is 0 Å². The molecule has 1 atom stereocenters. The summed E-state index contributed by atoms with van der Waals surface area (Å²) in [5.74, 6) is 0.583. The molecule has 1 unspecified atom stereocenters. The van der Waals surface area contributed by atoms with Gasteiger partial charge in [-0.3, -0.25) is 0 Å². The van der Waals surface area contributed by atoms with Gasteiger partial charge in [-0.2, -0.15) is 0 Å². The Bertz CT molecular complexity index is 352. The molecule has 0 saturated carbocycles. The number of amidine groups is 1. The monoisotopic (exact) mass is 214 g/mol. The maximum atomic E-state index is 12.6. The van der Waals surface area contributed by atoms with Crippen LogP contribution < -0.4 is 5.48 Å². The Labute approximate surface area is 85.5 Å². The molecule has 0 radical (unpaired) electrons.